The first-order valence-electron chi connectivity index (χ1n) is 6.83. The maximum atomic E-state index is 11.5. The Balaban J connectivity index is 2.28. The second kappa shape index (κ2) is 8.34. The van der Waals surface area contributed by atoms with Crippen molar-refractivity contribution in [2.24, 2.45) is 5.92 Å². The average molecular weight is 264 g/mol. The van der Waals surface area contributed by atoms with E-state index >= 15 is 0 Å². The second-order valence-corrected chi connectivity index (χ2v) is 4.81. The Morgan fingerprint density at radius 1 is 1.26 bits per heavy atom. The van der Waals surface area contributed by atoms with Crippen molar-refractivity contribution in [1.82, 2.24) is 10.3 Å². The molecule has 1 heterocycles. The highest BCUT2D eigenvalue weighted by Gasteiger charge is 2.02. The molecule has 0 spiro atoms. The van der Waals surface area contributed by atoms with Gasteiger partial charge in [0.2, 0.25) is 5.91 Å². The lowest BCUT2D eigenvalue weighted by Gasteiger charge is -2.09. The summed E-state index contributed by atoms with van der Waals surface area (Å²) in [6.07, 6.45) is 0.458. The van der Waals surface area contributed by atoms with E-state index in [2.05, 4.69) is 34.8 Å². The Bertz CT molecular complexity index is 393. The number of rotatable bonds is 8. The maximum absolute atomic E-state index is 11.5. The van der Waals surface area contributed by atoms with E-state index in [9.17, 15) is 4.79 Å². The molecule has 0 aliphatic rings. The van der Waals surface area contributed by atoms with Gasteiger partial charge in [-0.1, -0.05) is 19.9 Å². The first-order valence-corrected chi connectivity index (χ1v) is 6.83. The predicted molar refractivity (Wildman–Crippen MR) is 79.4 cm³/mol. The van der Waals surface area contributed by atoms with E-state index in [1.807, 2.05) is 25.1 Å². The first-order chi connectivity index (χ1) is 9.11. The number of hydrogen-bond donors (Lipinski definition) is 3. The molecule has 1 rings (SSSR count). The largest absolute Gasteiger partial charge is 0.370 e. The van der Waals surface area contributed by atoms with Crippen molar-refractivity contribution in [3.63, 3.8) is 0 Å². The van der Waals surface area contributed by atoms with Gasteiger partial charge in [0.1, 0.15) is 11.6 Å². The number of amides is 1. The molecule has 5 heteroatoms. The zero-order valence-corrected chi connectivity index (χ0v) is 12.0. The summed E-state index contributed by atoms with van der Waals surface area (Å²) in [5.41, 5.74) is 0. The van der Waals surface area contributed by atoms with Gasteiger partial charge in [-0.2, -0.15) is 0 Å². The van der Waals surface area contributed by atoms with Crippen molar-refractivity contribution in [1.29, 1.82) is 0 Å². The van der Waals surface area contributed by atoms with Crippen LogP contribution in [-0.2, 0) is 4.79 Å². The van der Waals surface area contributed by atoms with Crippen molar-refractivity contribution in [2.75, 3.05) is 30.3 Å². The van der Waals surface area contributed by atoms with Gasteiger partial charge in [0.15, 0.2) is 0 Å². The van der Waals surface area contributed by atoms with E-state index in [1.54, 1.807) is 0 Å². The lowest BCUT2D eigenvalue weighted by Crippen LogP contribution is -2.28. The summed E-state index contributed by atoms with van der Waals surface area (Å²) in [5, 5.41) is 9.19. The Hall–Kier alpha value is -1.78. The molecule has 106 valence electrons. The van der Waals surface area contributed by atoms with E-state index in [4.69, 9.17) is 0 Å². The Morgan fingerprint density at radius 3 is 2.58 bits per heavy atom. The van der Waals surface area contributed by atoms with E-state index in [1.165, 1.54) is 0 Å². The van der Waals surface area contributed by atoms with Crippen LogP contribution in [0.15, 0.2) is 18.2 Å². The molecule has 0 saturated carbocycles. The highest BCUT2D eigenvalue weighted by atomic mass is 16.1. The Labute approximate surface area is 115 Å². The molecule has 0 unspecified atom stereocenters. The predicted octanol–water partition coefficient (Wildman–Crippen LogP) is 2.09. The molecule has 1 aromatic heterocycles. The number of nitrogens with one attached hydrogen (secondary N) is 3. The fraction of sp³-hybridized carbons (Fsp3) is 0.571. The van der Waals surface area contributed by atoms with Crippen molar-refractivity contribution in [3.05, 3.63) is 18.2 Å². The number of pyridine rings is 1. The normalized spacial score (nSPS) is 10.3. The van der Waals surface area contributed by atoms with Crippen LogP contribution >= 0.6 is 0 Å². The van der Waals surface area contributed by atoms with Gasteiger partial charge in [-0.25, -0.2) is 4.98 Å². The second-order valence-electron chi connectivity index (χ2n) is 4.81. The van der Waals surface area contributed by atoms with Crippen molar-refractivity contribution in [2.45, 2.75) is 27.2 Å². The quantitative estimate of drug-likeness (QED) is 0.672. The van der Waals surface area contributed by atoms with Crippen LogP contribution in [-0.4, -0.2) is 30.5 Å². The summed E-state index contributed by atoms with van der Waals surface area (Å²) in [7, 11) is 0. The molecule has 1 amide bonds. The highest BCUT2D eigenvalue weighted by molar-refractivity contribution is 5.76. The van der Waals surface area contributed by atoms with E-state index in [0.717, 1.165) is 24.7 Å². The van der Waals surface area contributed by atoms with Gasteiger partial charge in [0, 0.05) is 26.1 Å². The van der Waals surface area contributed by atoms with Gasteiger partial charge in [0.05, 0.1) is 0 Å². The molecule has 3 N–H and O–H groups in total. The molecule has 1 aromatic rings. The fourth-order valence-corrected chi connectivity index (χ4v) is 1.52. The summed E-state index contributed by atoms with van der Waals surface area (Å²) >= 11 is 0. The van der Waals surface area contributed by atoms with Crippen molar-refractivity contribution >= 4 is 17.5 Å². The maximum Gasteiger partial charge on any atom is 0.221 e. The van der Waals surface area contributed by atoms with Crippen LogP contribution in [0, 0.1) is 5.92 Å². The van der Waals surface area contributed by atoms with Crippen LogP contribution in [0.1, 0.15) is 27.2 Å². The molecule has 0 aliphatic heterocycles. The third kappa shape index (κ3) is 6.64. The summed E-state index contributed by atoms with van der Waals surface area (Å²) in [6.45, 7) is 8.34. The van der Waals surface area contributed by atoms with E-state index < -0.39 is 0 Å². The minimum Gasteiger partial charge on any atom is -0.370 e. The fourth-order valence-electron chi connectivity index (χ4n) is 1.52. The Morgan fingerprint density at radius 2 is 1.95 bits per heavy atom. The number of aromatic nitrogens is 1. The molecule has 0 radical (unpaired) electrons. The molecule has 0 fully saturated rings. The summed E-state index contributed by atoms with van der Waals surface area (Å²) < 4.78 is 0. The summed E-state index contributed by atoms with van der Waals surface area (Å²) in [6, 6.07) is 5.75. The van der Waals surface area contributed by atoms with Gasteiger partial charge in [0.25, 0.3) is 0 Å². The molecule has 0 bridgehead atoms. The van der Waals surface area contributed by atoms with Gasteiger partial charge in [-0.15, -0.1) is 0 Å². The van der Waals surface area contributed by atoms with Gasteiger partial charge in [-0.05, 0) is 25.0 Å². The molecule has 0 aliphatic carbocycles. The zero-order valence-electron chi connectivity index (χ0n) is 12.0. The number of hydrogen-bond acceptors (Lipinski definition) is 4. The summed E-state index contributed by atoms with van der Waals surface area (Å²) in [4.78, 5) is 15.9. The van der Waals surface area contributed by atoms with E-state index in [0.29, 0.717) is 18.9 Å². The van der Waals surface area contributed by atoms with Crippen molar-refractivity contribution < 1.29 is 4.79 Å². The third-order valence-corrected chi connectivity index (χ3v) is 2.47. The highest BCUT2D eigenvalue weighted by Crippen LogP contribution is 2.08. The monoisotopic (exact) mass is 264 g/mol. The number of carbonyl (C=O) groups excluding carboxylic acids is 1. The van der Waals surface area contributed by atoms with Gasteiger partial charge < -0.3 is 16.0 Å². The third-order valence-electron chi connectivity index (χ3n) is 2.47. The molecular formula is C14H24N4O. The Kier molecular flexibility index (Phi) is 6.71. The van der Waals surface area contributed by atoms with Crippen LogP contribution in [0.25, 0.3) is 0 Å². The van der Waals surface area contributed by atoms with Crippen LogP contribution in [0.4, 0.5) is 11.6 Å². The van der Waals surface area contributed by atoms with Gasteiger partial charge in [-0.3, -0.25) is 4.79 Å². The topological polar surface area (TPSA) is 66.0 Å². The van der Waals surface area contributed by atoms with Crippen molar-refractivity contribution in [3.8, 4) is 0 Å². The van der Waals surface area contributed by atoms with Gasteiger partial charge >= 0.3 is 0 Å². The lowest BCUT2D eigenvalue weighted by molar-refractivity contribution is -0.120. The molecule has 19 heavy (non-hydrogen) atoms. The molecule has 5 nitrogen and oxygen atoms in total. The van der Waals surface area contributed by atoms with Crippen LogP contribution < -0.4 is 16.0 Å². The van der Waals surface area contributed by atoms with Crippen LogP contribution in [0.3, 0.4) is 0 Å². The minimum atomic E-state index is 0.0732. The number of anilines is 2. The molecule has 0 aromatic carbocycles. The lowest BCUT2D eigenvalue weighted by atomic mass is 10.2. The standard InChI is InChI=1S/C14H24N4O/c1-4-15-12-6-5-7-13(18-12)16-9-8-14(19)17-10-11(2)3/h5-7,11H,4,8-10H2,1-3H3,(H,17,19)(H2,15,16,18). The van der Waals surface area contributed by atoms with Crippen LogP contribution in [0.2, 0.25) is 0 Å². The average Bonchev–Trinajstić information content (AvgIpc) is 2.37. The smallest absolute Gasteiger partial charge is 0.221 e. The van der Waals surface area contributed by atoms with Crippen LogP contribution in [0.5, 0.6) is 0 Å². The zero-order chi connectivity index (χ0) is 14.1. The molecular weight excluding hydrogens is 240 g/mol. The van der Waals surface area contributed by atoms with E-state index in [-0.39, 0.29) is 5.91 Å². The first kappa shape index (κ1) is 15.3. The number of carbonyl (C=O) groups is 1. The number of nitrogens with zero attached hydrogens (tertiary/aromatic N) is 1. The SMILES string of the molecule is CCNc1cccc(NCCC(=O)NCC(C)C)n1. The molecule has 0 saturated heterocycles. The summed E-state index contributed by atoms with van der Waals surface area (Å²) in [5.74, 6) is 2.19. The minimum absolute atomic E-state index is 0.0732. The molecule has 0 atom stereocenters.